The van der Waals surface area contributed by atoms with Gasteiger partial charge in [0, 0.05) is 8.95 Å². The molecule has 0 bridgehead atoms. The van der Waals surface area contributed by atoms with Crippen molar-refractivity contribution >= 4 is 49.5 Å². The minimum atomic E-state index is -1.34. The summed E-state index contributed by atoms with van der Waals surface area (Å²) in [5, 5.41) is 22.0. The van der Waals surface area contributed by atoms with Crippen molar-refractivity contribution in [2.45, 2.75) is 6.04 Å². The smallest absolute Gasteiger partial charge is 0.328 e. The largest absolute Gasteiger partial charge is 0.480 e. The predicted octanol–water partition coefficient (Wildman–Crippen LogP) is 1.78. The number of aliphatic hydroxyl groups excluding tert-OH is 1. The van der Waals surface area contributed by atoms with E-state index in [1.54, 1.807) is 18.2 Å². The van der Waals surface area contributed by atoms with Crippen molar-refractivity contribution in [3.63, 3.8) is 0 Å². The van der Waals surface area contributed by atoms with E-state index < -0.39 is 24.6 Å². The minimum absolute atomic E-state index is 0.476. The molecule has 0 heterocycles. The van der Waals surface area contributed by atoms with Crippen LogP contribution in [0.15, 0.2) is 27.1 Å². The van der Waals surface area contributed by atoms with Gasteiger partial charge in [-0.15, -0.1) is 0 Å². The molecule has 1 rings (SSSR count). The molecule has 1 aromatic carbocycles. The van der Waals surface area contributed by atoms with Gasteiger partial charge in [0.05, 0.1) is 12.3 Å². The fourth-order valence-electron chi connectivity index (χ4n) is 1.10. The second-order valence-electron chi connectivity index (χ2n) is 3.30. The number of benzene rings is 1. The number of rotatable bonds is 4. The fourth-order valence-corrected chi connectivity index (χ4v) is 1.80. The standard InChI is InChI=1S/C10H10Br2N2O4/c11-5-1-2-6(12)7(3-5)13-10(18)14-8(4-15)9(16)17/h1-3,8,15H,4H2,(H,16,17)(H2,13,14,18). The van der Waals surface area contributed by atoms with Gasteiger partial charge in [-0.3, -0.25) is 0 Å². The molecule has 0 radical (unpaired) electrons. The molecule has 0 fully saturated rings. The molecule has 0 aliphatic rings. The molecule has 0 saturated heterocycles. The summed E-state index contributed by atoms with van der Waals surface area (Å²) in [5.74, 6) is -1.30. The number of carbonyl (C=O) groups excluding carboxylic acids is 1. The Morgan fingerprint density at radius 2 is 2.00 bits per heavy atom. The third kappa shape index (κ3) is 4.28. The zero-order chi connectivity index (χ0) is 13.7. The number of nitrogens with one attached hydrogen (secondary N) is 2. The average molecular weight is 382 g/mol. The highest BCUT2D eigenvalue weighted by molar-refractivity contribution is 9.11. The molecular weight excluding hydrogens is 372 g/mol. The summed E-state index contributed by atoms with van der Waals surface area (Å²) in [6, 6.07) is 3.10. The van der Waals surface area contributed by atoms with Crippen LogP contribution >= 0.6 is 31.9 Å². The van der Waals surface area contributed by atoms with Gasteiger partial charge in [-0.2, -0.15) is 0 Å². The molecular formula is C10H10Br2N2O4. The van der Waals surface area contributed by atoms with Crippen LogP contribution in [0.1, 0.15) is 0 Å². The van der Waals surface area contributed by atoms with E-state index in [1.807, 2.05) is 0 Å². The van der Waals surface area contributed by atoms with E-state index in [9.17, 15) is 9.59 Å². The van der Waals surface area contributed by atoms with Crippen molar-refractivity contribution in [2.24, 2.45) is 0 Å². The van der Waals surface area contributed by atoms with Crippen LogP contribution in [-0.4, -0.2) is 34.9 Å². The molecule has 1 unspecified atom stereocenters. The summed E-state index contributed by atoms with van der Waals surface area (Å²) in [4.78, 5) is 22.1. The maximum absolute atomic E-state index is 11.5. The van der Waals surface area contributed by atoms with Gasteiger partial charge >= 0.3 is 12.0 Å². The maximum atomic E-state index is 11.5. The summed E-state index contributed by atoms with van der Waals surface area (Å²) >= 11 is 6.49. The van der Waals surface area contributed by atoms with E-state index in [4.69, 9.17) is 10.2 Å². The second-order valence-corrected chi connectivity index (χ2v) is 5.07. The maximum Gasteiger partial charge on any atom is 0.328 e. The number of anilines is 1. The number of hydrogen-bond donors (Lipinski definition) is 4. The molecule has 0 aromatic heterocycles. The van der Waals surface area contributed by atoms with E-state index in [0.29, 0.717) is 10.2 Å². The van der Waals surface area contributed by atoms with Gasteiger partial charge < -0.3 is 20.8 Å². The van der Waals surface area contributed by atoms with Gasteiger partial charge in [0.25, 0.3) is 0 Å². The highest BCUT2D eigenvalue weighted by Crippen LogP contribution is 2.25. The summed E-state index contributed by atoms with van der Waals surface area (Å²) in [7, 11) is 0. The number of amides is 2. The first-order valence-corrected chi connectivity index (χ1v) is 6.39. The van der Waals surface area contributed by atoms with Crippen LogP contribution < -0.4 is 10.6 Å². The Morgan fingerprint density at radius 1 is 1.33 bits per heavy atom. The van der Waals surface area contributed by atoms with Gasteiger partial charge in [-0.05, 0) is 34.1 Å². The molecule has 4 N–H and O–H groups in total. The number of urea groups is 1. The Labute approximate surface area is 120 Å². The quantitative estimate of drug-likeness (QED) is 0.638. The lowest BCUT2D eigenvalue weighted by Crippen LogP contribution is -2.45. The van der Waals surface area contributed by atoms with Crippen LogP contribution in [0.3, 0.4) is 0 Å². The van der Waals surface area contributed by atoms with Crippen molar-refractivity contribution in [1.29, 1.82) is 0 Å². The number of carboxylic acid groups (broad SMARTS) is 1. The van der Waals surface area contributed by atoms with Crippen LogP contribution in [0.4, 0.5) is 10.5 Å². The molecule has 18 heavy (non-hydrogen) atoms. The van der Waals surface area contributed by atoms with Crippen LogP contribution in [0, 0.1) is 0 Å². The zero-order valence-corrected chi connectivity index (χ0v) is 12.2. The molecule has 0 aliphatic carbocycles. The van der Waals surface area contributed by atoms with E-state index >= 15 is 0 Å². The van der Waals surface area contributed by atoms with E-state index in [-0.39, 0.29) is 0 Å². The number of hydrogen-bond acceptors (Lipinski definition) is 3. The van der Waals surface area contributed by atoms with Gasteiger partial charge in [0.2, 0.25) is 0 Å². The van der Waals surface area contributed by atoms with Gasteiger partial charge in [0.1, 0.15) is 0 Å². The summed E-state index contributed by atoms with van der Waals surface area (Å²) in [6.45, 7) is -0.678. The first kappa shape index (κ1) is 14.9. The summed E-state index contributed by atoms with van der Waals surface area (Å²) < 4.78 is 1.41. The first-order valence-electron chi connectivity index (χ1n) is 4.80. The normalized spacial score (nSPS) is 11.7. The number of carboxylic acids is 1. The Kier molecular flexibility index (Phi) is 5.57. The molecule has 2 amide bonds. The molecule has 0 spiro atoms. The second kappa shape index (κ2) is 6.72. The van der Waals surface area contributed by atoms with Crippen molar-refractivity contribution in [1.82, 2.24) is 5.32 Å². The molecule has 1 atom stereocenters. The van der Waals surface area contributed by atoms with E-state index in [1.165, 1.54) is 0 Å². The Balaban J connectivity index is 2.70. The van der Waals surface area contributed by atoms with Gasteiger partial charge in [-0.25, -0.2) is 9.59 Å². The summed E-state index contributed by atoms with van der Waals surface area (Å²) in [6.07, 6.45) is 0. The lowest BCUT2D eigenvalue weighted by atomic mass is 10.3. The van der Waals surface area contributed by atoms with E-state index in [0.717, 1.165) is 4.47 Å². The average Bonchev–Trinajstić information content (AvgIpc) is 2.30. The Morgan fingerprint density at radius 3 is 2.56 bits per heavy atom. The van der Waals surface area contributed by atoms with Crippen LogP contribution in [0.25, 0.3) is 0 Å². The van der Waals surface area contributed by atoms with Crippen molar-refractivity contribution in [3.8, 4) is 0 Å². The van der Waals surface area contributed by atoms with Crippen molar-refractivity contribution < 1.29 is 19.8 Å². The lowest BCUT2D eigenvalue weighted by Gasteiger charge is -2.13. The lowest BCUT2D eigenvalue weighted by molar-refractivity contribution is -0.140. The van der Waals surface area contributed by atoms with Crippen molar-refractivity contribution in [2.75, 3.05) is 11.9 Å². The highest BCUT2D eigenvalue weighted by atomic mass is 79.9. The molecule has 0 aliphatic heterocycles. The number of carbonyl (C=O) groups is 2. The van der Waals surface area contributed by atoms with Crippen LogP contribution in [-0.2, 0) is 4.79 Å². The number of halogens is 2. The Hall–Kier alpha value is -1.12. The van der Waals surface area contributed by atoms with Gasteiger partial charge in [-0.1, -0.05) is 15.9 Å². The number of aliphatic hydroxyl groups is 1. The third-order valence-electron chi connectivity index (χ3n) is 1.96. The molecule has 1 aromatic rings. The SMILES string of the molecule is O=C(Nc1cc(Br)ccc1Br)NC(CO)C(=O)O. The minimum Gasteiger partial charge on any atom is -0.480 e. The van der Waals surface area contributed by atoms with Gasteiger partial charge in [0.15, 0.2) is 6.04 Å². The monoisotopic (exact) mass is 380 g/mol. The summed E-state index contributed by atoms with van der Waals surface area (Å²) in [5.41, 5.74) is 0.476. The van der Waals surface area contributed by atoms with E-state index in [2.05, 4.69) is 42.5 Å². The highest BCUT2D eigenvalue weighted by Gasteiger charge is 2.18. The topological polar surface area (TPSA) is 98.7 Å². The van der Waals surface area contributed by atoms with Crippen molar-refractivity contribution in [3.05, 3.63) is 27.1 Å². The first-order chi connectivity index (χ1) is 8.43. The molecule has 98 valence electrons. The predicted molar refractivity (Wildman–Crippen MR) is 72.5 cm³/mol. The van der Waals surface area contributed by atoms with Crippen LogP contribution in [0.2, 0.25) is 0 Å². The Bertz CT molecular complexity index is 467. The number of aliphatic carboxylic acids is 1. The zero-order valence-electron chi connectivity index (χ0n) is 8.98. The molecule has 0 saturated carbocycles. The third-order valence-corrected chi connectivity index (χ3v) is 3.15. The fraction of sp³-hybridized carbons (Fsp3) is 0.200. The molecule has 8 heteroatoms. The van der Waals surface area contributed by atoms with Crippen LogP contribution in [0.5, 0.6) is 0 Å². The molecule has 6 nitrogen and oxygen atoms in total.